The summed E-state index contributed by atoms with van der Waals surface area (Å²) < 4.78 is 43.2. The minimum Gasteiger partial charge on any atom is -0.493 e. The molecule has 0 radical (unpaired) electrons. The number of hydrogen-bond acceptors (Lipinski definition) is 2. The molecule has 0 aromatic heterocycles. The zero-order valence-corrected chi connectivity index (χ0v) is 9.26. The van der Waals surface area contributed by atoms with Crippen LogP contribution in [0.5, 0.6) is 5.75 Å². The summed E-state index contributed by atoms with van der Waals surface area (Å²) in [6, 6.07) is 3.76. The van der Waals surface area contributed by atoms with Crippen molar-refractivity contribution in [1.82, 2.24) is 0 Å². The van der Waals surface area contributed by atoms with E-state index in [4.69, 9.17) is 10.5 Å². The molecule has 2 nitrogen and oxygen atoms in total. The van der Waals surface area contributed by atoms with Gasteiger partial charge in [0.1, 0.15) is 5.75 Å². The van der Waals surface area contributed by atoms with Crippen LogP contribution < -0.4 is 10.5 Å². The third kappa shape index (κ3) is 3.12. The first-order valence-electron chi connectivity index (χ1n) is 5.53. The second kappa shape index (κ2) is 4.56. The normalized spacial score (nSPS) is 16.0. The van der Waals surface area contributed by atoms with Crippen molar-refractivity contribution in [3.8, 4) is 5.75 Å². The molecule has 0 aliphatic heterocycles. The Bertz CT molecular complexity index is 399. The molecule has 2 rings (SSSR count). The van der Waals surface area contributed by atoms with E-state index in [0.29, 0.717) is 18.3 Å². The Morgan fingerprint density at radius 3 is 2.53 bits per heavy atom. The number of hydrogen-bond donors (Lipinski definition) is 1. The molecule has 1 aliphatic carbocycles. The van der Waals surface area contributed by atoms with E-state index in [1.54, 1.807) is 0 Å². The first kappa shape index (κ1) is 12.2. The molecule has 0 unspecified atom stereocenters. The van der Waals surface area contributed by atoms with E-state index < -0.39 is 11.7 Å². The lowest BCUT2D eigenvalue weighted by Gasteiger charge is -2.13. The molecule has 0 saturated heterocycles. The Balaban J connectivity index is 2.14. The summed E-state index contributed by atoms with van der Waals surface area (Å²) >= 11 is 0. The summed E-state index contributed by atoms with van der Waals surface area (Å²) in [5.74, 6) is 1.03. The first-order valence-corrected chi connectivity index (χ1v) is 5.53. The summed E-state index contributed by atoms with van der Waals surface area (Å²) in [6.07, 6.45) is -2.07. The highest BCUT2D eigenvalue weighted by Gasteiger charge is 2.33. The predicted molar refractivity (Wildman–Crippen MR) is 57.6 cm³/mol. The Hall–Kier alpha value is -1.23. The molecule has 0 spiro atoms. The van der Waals surface area contributed by atoms with Gasteiger partial charge in [-0.25, -0.2) is 0 Å². The molecule has 1 fully saturated rings. The van der Waals surface area contributed by atoms with Gasteiger partial charge in [-0.1, -0.05) is 0 Å². The Kier molecular flexibility index (Phi) is 3.28. The molecular formula is C12H14F3NO. The number of nitrogens with two attached hydrogens (primary N) is 1. The molecule has 1 saturated carbocycles. The van der Waals surface area contributed by atoms with E-state index in [1.807, 2.05) is 0 Å². The summed E-state index contributed by atoms with van der Waals surface area (Å²) in [5.41, 5.74) is 4.72. The van der Waals surface area contributed by atoms with Crippen molar-refractivity contribution < 1.29 is 17.9 Å². The number of benzene rings is 1. The predicted octanol–water partition coefficient (Wildman–Crippen LogP) is 2.95. The minimum atomic E-state index is -4.36. The van der Waals surface area contributed by atoms with Crippen molar-refractivity contribution in [1.29, 1.82) is 0 Å². The fraction of sp³-hybridized carbons (Fsp3) is 0.500. The monoisotopic (exact) mass is 245 g/mol. The van der Waals surface area contributed by atoms with Crippen molar-refractivity contribution in [2.45, 2.75) is 25.6 Å². The molecule has 1 aromatic rings. The first-order chi connectivity index (χ1) is 8.00. The summed E-state index contributed by atoms with van der Waals surface area (Å²) in [7, 11) is 0. The molecule has 2 N–H and O–H groups in total. The van der Waals surface area contributed by atoms with Crippen molar-refractivity contribution in [3.05, 3.63) is 29.3 Å². The van der Waals surface area contributed by atoms with Crippen LogP contribution in [0.25, 0.3) is 0 Å². The zero-order chi connectivity index (χ0) is 12.5. The second-order valence-corrected chi connectivity index (χ2v) is 4.28. The number of halogens is 3. The minimum absolute atomic E-state index is 0.0748. The molecule has 0 bridgehead atoms. The van der Waals surface area contributed by atoms with Gasteiger partial charge in [0.15, 0.2) is 0 Å². The fourth-order valence-corrected chi connectivity index (χ4v) is 1.60. The van der Waals surface area contributed by atoms with Gasteiger partial charge in [0.25, 0.3) is 0 Å². The van der Waals surface area contributed by atoms with Gasteiger partial charge in [-0.05, 0) is 42.5 Å². The van der Waals surface area contributed by atoms with E-state index in [-0.39, 0.29) is 12.1 Å². The van der Waals surface area contributed by atoms with Crippen LogP contribution >= 0.6 is 0 Å². The van der Waals surface area contributed by atoms with Crippen LogP contribution in [0.3, 0.4) is 0 Å². The Morgan fingerprint density at radius 2 is 2.00 bits per heavy atom. The molecule has 0 atom stereocenters. The van der Waals surface area contributed by atoms with Gasteiger partial charge in [-0.2, -0.15) is 13.2 Å². The maximum atomic E-state index is 12.6. The Morgan fingerprint density at radius 1 is 1.29 bits per heavy atom. The smallest absolute Gasteiger partial charge is 0.416 e. The molecular weight excluding hydrogens is 231 g/mol. The lowest BCUT2D eigenvalue weighted by Crippen LogP contribution is -2.12. The van der Waals surface area contributed by atoms with Gasteiger partial charge in [-0.3, -0.25) is 0 Å². The van der Waals surface area contributed by atoms with E-state index in [0.717, 1.165) is 18.9 Å². The van der Waals surface area contributed by atoms with Crippen LogP contribution in [0.2, 0.25) is 0 Å². The van der Waals surface area contributed by atoms with E-state index in [2.05, 4.69) is 0 Å². The second-order valence-electron chi connectivity index (χ2n) is 4.28. The standard InChI is InChI=1S/C12H14F3NO/c13-12(14,15)11-4-3-10(5-9(11)6-16)17-7-8-1-2-8/h3-5,8H,1-2,6-7,16H2. The lowest BCUT2D eigenvalue weighted by molar-refractivity contribution is -0.138. The van der Waals surface area contributed by atoms with Crippen LogP contribution in [0, 0.1) is 5.92 Å². The molecule has 17 heavy (non-hydrogen) atoms. The van der Waals surface area contributed by atoms with Crippen molar-refractivity contribution >= 4 is 0 Å². The SMILES string of the molecule is NCc1cc(OCC2CC2)ccc1C(F)(F)F. The van der Waals surface area contributed by atoms with E-state index in [9.17, 15) is 13.2 Å². The van der Waals surface area contributed by atoms with Crippen molar-refractivity contribution in [2.75, 3.05) is 6.61 Å². The molecule has 1 aliphatic rings. The molecule has 0 amide bonds. The highest BCUT2D eigenvalue weighted by Crippen LogP contribution is 2.34. The van der Waals surface area contributed by atoms with Gasteiger partial charge in [0.05, 0.1) is 12.2 Å². The lowest BCUT2D eigenvalue weighted by atomic mass is 10.1. The maximum Gasteiger partial charge on any atom is 0.416 e. The quantitative estimate of drug-likeness (QED) is 0.885. The highest BCUT2D eigenvalue weighted by molar-refractivity contribution is 5.37. The average Bonchev–Trinajstić information content (AvgIpc) is 3.08. The fourth-order valence-electron chi connectivity index (χ4n) is 1.60. The van der Waals surface area contributed by atoms with Crippen LogP contribution in [0.4, 0.5) is 13.2 Å². The number of rotatable bonds is 4. The summed E-state index contributed by atoms with van der Waals surface area (Å²) in [5, 5.41) is 0. The van der Waals surface area contributed by atoms with Crippen LogP contribution in [-0.4, -0.2) is 6.61 Å². The molecule has 1 aromatic carbocycles. The molecule has 0 heterocycles. The van der Waals surface area contributed by atoms with Gasteiger partial charge < -0.3 is 10.5 Å². The van der Waals surface area contributed by atoms with Gasteiger partial charge in [0, 0.05) is 6.54 Å². The van der Waals surface area contributed by atoms with Crippen LogP contribution in [-0.2, 0) is 12.7 Å². The van der Waals surface area contributed by atoms with Gasteiger partial charge in [0.2, 0.25) is 0 Å². The van der Waals surface area contributed by atoms with E-state index >= 15 is 0 Å². The molecule has 5 heteroatoms. The summed E-state index contributed by atoms with van der Waals surface area (Å²) in [4.78, 5) is 0. The third-order valence-electron chi connectivity index (χ3n) is 2.78. The van der Waals surface area contributed by atoms with Crippen molar-refractivity contribution in [3.63, 3.8) is 0 Å². The number of alkyl halides is 3. The topological polar surface area (TPSA) is 35.2 Å². The third-order valence-corrected chi connectivity index (χ3v) is 2.78. The average molecular weight is 245 g/mol. The highest BCUT2D eigenvalue weighted by atomic mass is 19.4. The van der Waals surface area contributed by atoms with Gasteiger partial charge >= 0.3 is 6.18 Å². The van der Waals surface area contributed by atoms with Crippen LogP contribution in [0.1, 0.15) is 24.0 Å². The zero-order valence-electron chi connectivity index (χ0n) is 9.26. The van der Waals surface area contributed by atoms with Crippen LogP contribution in [0.15, 0.2) is 18.2 Å². The van der Waals surface area contributed by atoms with Gasteiger partial charge in [-0.15, -0.1) is 0 Å². The maximum absolute atomic E-state index is 12.6. The Labute approximate surface area is 97.6 Å². The summed E-state index contributed by atoms with van der Waals surface area (Å²) in [6.45, 7) is 0.435. The molecule has 94 valence electrons. The largest absolute Gasteiger partial charge is 0.493 e. The van der Waals surface area contributed by atoms with Crippen molar-refractivity contribution in [2.24, 2.45) is 11.7 Å². The number of ether oxygens (including phenoxy) is 1. The van der Waals surface area contributed by atoms with E-state index in [1.165, 1.54) is 12.1 Å².